The van der Waals surface area contributed by atoms with E-state index in [2.05, 4.69) is 27.6 Å². The molecule has 0 aliphatic carbocycles. The van der Waals surface area contributed by atoms with E-state index in [0.717, 1.165) is 17.8 Å². The molecule has 0 bridgehead atoms. The maximum atomic E-state index is 11.9. The maximum Gasteiger partial charge on any atom is 0.315 e. The summed E-state index contributed by atoms with van der Waals surface area (Å²) in [6.45, 7) is 3.95. The van der Waals surface area contributed by atoms with Crippen LogP contribution in [0.2, 0.25) is 0 Å². The molecule has 1 atom stereocenters. The first-order valence-electron chi connectivity index (χ1n) is 8.27. The molecule has 3 rings (SSSR count). The highest BCUT2D eigenvalue weighted by molar-refractivity contribution is 5.73. The fourth-order valence-corrected chi connectivity index (χ4v) is 2.50. The number of urea groups is 1. The number of benzene rings is 1. The zero-order valence-corrected chi connectivity index (χ0v) is 14.2. The summed E-state index contributed by atoms with van der Waals surface area (Å²) in [7, 11) is 0. The normalized spacial score (nSPS) is 11.9. The minimum Gasteiger partial charge on any atom is -0.338 e. The van der Waals surface area contributed by atoms with Crippen LogP contribution in [0.3, 0.4) is 0 Å². The molecule has 3 aromatic rings. The average molecular weight is 338 g/mol. The third-order valence-corrected chi connectivity index (χ3v) is 3.86. The molecule has 2 amide bonds. The van der Waals surface area contributed by atoms with Crippen LogP contribution in [0.15, 0.2) is 61.4 Å². The highest BCUT2D eigenvalue weighted by atomic mass is 16.2. The number of hydrogen-bond acceptors (Lipinski definition) is 3. The van der Waals surface area contributed by atoms with Gasteiger partial charge in [-0.3, -0.25) is 4.68 Å². The van der Waals surface area contributed by atoms with Gasteiger partial charge in [0, 0.05) is 50.1 Å². The molecule has 0 radical (unpaired) electrons. The summed E-state index contributed by atoms with van der Waals surface area (Å²) in [4.78, 5) is 16.0. The van der Waals surface area contributed by atoms with Gasteiger partial charge in [-0.1, -0.05) is 19.1 Å². The van der Waals surface area contributed by atoms with Crippen LogP contribution >= 0.6 is 0 Å². The third kappa shape index (κ3) is 4.94. The van der Waals surface area contributed by atoms with Crippen molar-refractivity contribution in [2.75, 3.05) is 6.54 Å². The number of hydrogen-bond donors (Lipinski definition) is 2. The molecule has 1 aromatic carbocycles. The van der Waals surface area contributed by atoms with E-state index in [1.54, 1.807) is 18.7 Å². The van der Waals surface area contributed by atoms with Gasteiger partial charge in [-0.15, -0.1) is 0 Å². The second kappa shape index (κ2) is 8.14. The van der Waals surface area contributed by atoms with Crippen molar-refractivity contribution < 1.29 is 4.79 Å². The predicted molar refractivity (Wildman–Crippen MR) is 95.2 cm³/mol. The number of carbonyl (C=O) groups is 1. The molecule has 2 heterocycles. The van der Waals surface area contributed by atoms with E-state index in [0.29, 0.717) is 19.0 Å². The van der Waals surface area contributed by atoms with Gasteiger partial charge < -0.3 is 15.2 Å². The van der Waals surface area contributed by atoms with Crippen molar-refractivity contribution in [3.05, 3.63) is 67.0 Å². The van der Waals surface area contributed by atoms with E-state index >= 15 is 0 Å². The summed E-state index contributed by atoms with van der Waals surface area (Å²) in [5.74, 6) is 0.306. The highest BCUT2D eigenvalue weighted by Crippen LogP contribution is 2.09. The second-order valence-electron chi connectivity index (χ2n) is 6.03. The van der Waals surface area contributed by atoms with Gasteiger partial charge in [-0.05, 0) is 29.7 Å². The Kier molecular flexibility index (Phi) is 5.46. The van der Waals surface area contributed by atoms with Gasteiger partial charge in [0.05, 0.1) is 6.33 Å². The van der Waals surface area contributed by atoms with E-state index in [-0.39, 0.29) is 6.03 Å². The molecule has 2 aromatic heterocycles. The topological polar surface area (TPSA) is 76.8 Å². The van der Waals surface area contributed by atoms with Crippen molar-refractivity contribution >= 4 is 6.03 Å². The summed E-state index contributed by atoms with van der Waals surface area (Å²) in [6.07, 6.45) is 9.07. The molecule has 130 valence electrons. The van der Waals surface area contributed by atoms with Gasteiger partial charge in [-0.2, -0.15) is 5.10 Å². The molecule has 0 aliphatic rings. The van der Waals surface area contributed by atoms with Crippen molar-refractivity contribution in [1.82, 2.24) is 30.0 Å². The first-order chi connectivity index (χ1) is 12.2. The quantitative estimate of drug-likeness (QED) is 0.693. The molecule has 0 saturated carbocycles. The summed E-state index contributed by atoms with van der Waals surface area (Å²) in [5, 5.41) is 9.94. The molecule has 25 heavy (non-hydrogen) atoms. The monoisotopic (exact) mass is 338 g/mol. The van der Waals surface area contributed by atoms with E-state index in [1.165, 1.54) is 0 Å². The van der Waals surface area contributed by atoms with Crippen LogP contribution in [0.1, 0.15) is 12.5 Å². The average Bonchev–Trinajstić information content (AvgIpc) is 3.32. The molecular weight excluding hydrogens is 316 g/mol. The molecule has 2 N–H and O–H groups in total. The van der Waals surface area contributed by atoms with Gasteiger partial charge in [0.15, 0.2) is 0 Å². The van der Waals surface area contributed by atoms with Crippen molar-refractivity contribution in [3.63, 3.8) is 0 Å². The Morgan fingerprint density at radius 1 is 1.16 bits per heavy atom. The van der Waals surface area contributed by atoms with Gasteiger partial charge >= 0.3 is 6.03 Å². The standard InChI is InChI=1S/C18H22N6O/c1-15(13-24-9-2-7-22-24)11-20-18(25)21-12-16-3-5-17(6-4-16)23-10-8-19-14-23/h2-10,14-15H,11-13H2,1H3,(H2,20,21,25). The van der Waals surface area contributed by atoms with Crippen LogP contribution in [0.4, 0.5) is 4.79 Å². The van der Waals surface area contributed by atoms with E-state index in [4.69, 9.17) is 0 Å². The molecule has 0 saturated heterocycles. The second-order valence-corrected chi connectivity index (χ2v) is 6.03. The lowest BCUT2D eigenvalue weighted by Crippen LogP contribution is -2.38. The first-order valence-corrected chi connectivity index (χ1v) is 8.27. The first kappa shape index (κ1) is 16.8. The Hall–Kier alpha value is -3.09. The third-order valence-electron chi connectivity index (χ3n) is 3.86. The highest BCUT2D eigenvalue weighted by Gasteiger charge is 2.06. The van der Waals surface area contributed by atoms with Gasteiger partial charge in [0.25, 0.3) is 0 Å². The molecule has 1 unspecified atom stereocenters. The SMILES string of the molecule is CC(CNC(=O)NCc1ccc(-n2ccnc2)cc1)Cn1cccn1. The number of nitrogens with zero attached hydrogens (tertiary/aromatic N) is 4. The van der Waals surface area contributed by atoms with Crippen LogP contribution in [0, 0.1) is 5.92 Å². The van der Waals surface area contributed by atoms with E-state index in [1.807, 2.05) is 52.0 Å². The number of carbonyl (C=O) groups excluding carboxylic acids is 1. The Morgan fingerprint density at radius 2 is 2.00 bits per heavy atom. The summed E-state index contributed by atoms with van der Waals surface area (Å²) in [6, 6.07) is 9.73. The summed E-state index contributed by atoms with van der Waals surface area (Å²) >= 11 is 0. The fourth-order valence-electron chi connectivity index (χ4n) is 2.50. The number of rotatable bonds is 7. The molecule has 0 aliphatic heterocycles. The predicted octanol–water partition coefficient (Wildman–Crippen LogP) is 2.20. The number of nitrogens with one attached hydrogen (secondary N) is 2. The lowest BCUT2D eigenvalue weighted by molar-refractivity contribution is 0.238. The zero-order chi connectivity index (χ0) is 17.5. The lowest BCUT2D eigenvalue weighted by atomic mass is 10.2. The van der Waals surface area contributed by atoms with E-state index < -0.39 is 0 Å². The van der Waals surface area contributed by atoms with Crippen molar-refractivity contribution in [2.24, 2.45) is 5.92 Å². The van der Waals surface area contributed by atoms with Crippen LogP contribution in [0.5, 0.6) is 0 Å². The Morgan fingerprint density at radius 3 is 2.68 bits per heavy atom. The van der Waals surface area contributed by atoms with E-state index in [9.17, 15) is 4.79 Å². The molecule has 7 nitrogen and oxygen atoms in total. The molecule has 7 heteroatoms. The van der Waals surface area contributed by atoms with Gasteiger partial charge in [0.2, 0.25) is 0 Å². The van der Waals surface area contributed by atoms with Gasteiger partial charge in [0.1, 0.15) is 0 Å². The van der Waals surface area contributed by atoms with Crippen LogP contribution in [-0.2, 0) is 13.1 Å². The molecule has 0 spiro atoms. The minimum absolute atomic E-state index is 0.161. The Bertz CT molecular complexity index is 765. The minimum atomic E-state index is -0.161. The molecule has 0 fully saturated rings. The number of aromatic nitrogens is 4. The maximum absolute atomic E-state index is 11.9. The summed E-state index contributed by atoms with van der Waals surface area (Å²) < 4.78 is 3.80. The summed E-state index contributed by atoms with van der Waals surface area (Å²) in [5.41, 5.74) is 2.08. The van der Waals surface area contributed by atoms with Gasteiger partial charge in [-0.25, -0.2) is 9.78 Å². The fraction of sp³-hybridized carbons (Fsp3) is 0.278. The number of amides is 2. The molecular formula is C18H22N6O. The van der Waals surface area contributed by atoms with Crippen LogP contribution in [-0.4, -0.2) is 31.9 Å². The lowest BCUT2D eigenvalue weighted by Gasteiger charge is -2.13. The Balaban J connectivity index is 1.40. The van der Waals surface area contributed by atoms with Crippen molar-refractivity contribution in [1.29, 1.82) is 0 Å². The van der Waals surface area contributed by atoms with Crippen LogP contribution in [0.25, 0.3) is 5.69 Å². The largest absolute Gasteiger partial charge is 0.338 e. The number of imidazole rings is 1. The van der Waals surface area contributed by atoms with Crippen molar-refractivity contribution in [2.45, 2.75) is 20.0 Å². The van der Waals surface area contributed by atoms with Crippen LogP contribution < -0.4 is 10.6 Å². The smallest absolute Gasteiger partial charge is 0.315 e. The zero-order valence-electron chi connectivity index (χ0n) is 14.2. The van der Waals surface area contributed by atoms with Crippen molar-refractivity contribution in [3.8, 4) is 5.69 Å². The Labute approximate surface area is 146 Å².